The van der Waals surface area contributed by atoms with Gasteiger partial charge in [0.15, 0.2) is 5.69 Å². The Bertz CT molecular complexity index is 595. The normalized spacial score (nSPS) is 15.3. The fraction of sp³-hybridized carbons (Fsp3) is 0.636. The molecule has 0 aliphatic heterocycles. The van der Waals surface area contributed by atoms with E-state index in [4.69, 9.17) is 15.4 Å². The Morgan fingerprint density at radius 1 is 1.55 bits per heavy atom. The third-order valence-electron chi connectivity index (χ3n) is 2.93. The molecule has 1 saturated carbocycles. The summed E-state index contributed by atoms with van der Waals surface area (Å²) in [6.45, 7) is 2.87. The zero-order valence-electron chi connectivity index (χ0n) is 11.0. The predicted molar refractivity (Wildman–Crippen MR) is 72.2 cm³/mol. The van der Waals surface area contributed by atoms with Crippen molar-refractivity contribution in [3.63, 3.8) is 0 Å². The molecule has 1 heterocycles. The monoisotopic (exact) mass is 321 g/mol. The van der Waals surface area contributed by atoms with E-state index in [9.17, 15) is 13.2 Å². The fourth-order valence-electron chi connectivity index (χ4n) is 1.73. The second-order valence-electron chi connectivity index (χ2n) is 4.74. The summed E-state index contributed by atoms with van der Waals surface area (Å²) < 4.78 is 28.2. The maximum absolute atomic E-state index is 11.9. The standard InChI is InChI=1S/C11H16ClN3O4S/c1-7-10(20(12,17)18)9(15-14-7)11(16)13-4-5-19-6-8-2-3-8/h8H,2-6H2,1H3,(H,13,16)(H,14,15). The van der Waals surface area contributed by atoms with Gasteiger partial charge in [-0.25, -0.2) is 8.42 Å². The van der Waals surface area contributed by atoms with Crippen LogP contribution in [0.1, 0.15) is 29.0 Å². The van der Waals surface area contributed by atoms with E-state index in [0.29, 0.717) is 25.7 Å². The average Bonchev–Trinajstić information content (AvgIpc) is 3.08. The molecule has 20 heavy (non-hydrogen) atoms. The molecular weight excluding hydrogens is 306 g/mol. The molecule has 1 aliphatic rings. The Balaban J connectivity index is 1.88. The van der Waals surface area contributed by atoms with Crippen LogP contribution in [0.3, 0.4) is 0 Å². The van der Waals surface area contributed by atoms with Crippen LogP contribution in [-0.2, 0) is 13.8 Å². The first-order chi connectivity index (χ1) is 9.39. The van der Waals surface area contributed by atoms with Crippen molar-refractivity contribution in [2.75, 3.05) is 19.8 Å². The van der Waals surface area contributed by atoms with Crippen LogP contribution >= 0.6 is 10.7 Å². The zero-order valence-corrected chi connectivity index (χ0v) is 12.6. The number of carbonyl (C=O) groups is 1. The Kier molecular flexibility index (Phi) is 4.66. The molecule has 1 aliphatic carbocycles. The molecule has 0 unspecified atom stereocenters. The highest BCUT2D eigenvalue weighted by molar-refractivity contribution is 8.13. The second-order valence-corrected chi connectivity index (χ2v) is 7.24. The van der Waals surface area contributed by atoms with Crippen molar-refractivity contribution in [2.45, 2.75) is 24.7 Å². The largest absolute Gasteiger partial charge is 0.379 e. The van der Waals surface area contributed by atoms with E-state index >= 15 is 0 Å². The van der Waals surface area contributed by atoms with Crippen LogP contribution in [-0.4, -0.2) is 44.3 Å². The Morgan fingerprint density at radius 3 is 2.85 bits per heavy atom. The molecular formula is C11H16ClN3O4S. The maximum Gasteiger partial charge on any atom is 0.273 e. The zero-order chi connectivity index (χ0) is 14.8. The van der Waals surface area contributed by atoms with Crippen LogP contribution in [0.5, 0.6) is 0 Å². The number of nitrogens with one attached hydrogen (secondary N) is 2. The number of aryl methyl sites for hydroxylation is 1. The number of hydrogen-bond donors (Lipinski definition) is 2. The van der Waals surface area contributed by atoms with Crippen LogP contribution < -0.4 is 5.32 Å². The number of rotatable bonds is 7. The molecule has 0 bridgehead atoms. The third kappa shape index (κ3) is 3.94. The van der Waals surface area contributed by atoms with Gasteiger partial charge in [0.05, 0.1) is 12.3 Å². The molecule has 1 aromatic rings. The minimum Gasteiger partial charge on any atom is -0.379 e. The van der Waals surface area contributed by atoms with Crippen molar-refractivity contribution in [1.82, 2.24) is 15.5 Å². The summed E-state index contributed by atoms with van der Waals surface area (Å²) in [4.78, 5) is 11.6. The Morgan fingerprint density at radius 2 is 2.25 bits per heavy atom. The van der Waals surface area contributed by atoms with Crippen molar-refractivity contribution in [1.29, 1.82) is 0 Å². The predicted octanol–water partition coefficient (Wildman–Crippen LogP) is 0.802. The number of aromatic amines is 1. The summed E-state index contributed by atoms with van der Waals surface area (Å²) in [6.07, 6.45) is 2.41. The number of halogens is 1. The quantitative estimate of drug-likeness (QED) is 0.571. The average molecular weight is 322 g/mol. The van der Waals surface area contributed by atoms with Gasteiger partial charge in [-0.2, -0.15) is 5.10 Å². The lowest BCUT2D eigenvalue weighted by molar-refractivity contribution is 0.0899. The Hall–Kier alpha value is -1.12. The van der Waals surface area contributed by atoms with Crippen LogP contribution in [0.4, 0.5) is 0 Å². The molecule has 0 atom stereocenters. The first-order valence-electron chi connectivity index (χ1n) is 6.25. The van der Waals surface area contributed by atoms with Crippen LogP contribution in [0.15, 0.2) is 4.90 Å². The van der Waals surface area contributed by atoms with Crippen LogP contribution in [0.25, 0.3) is 0 Å². The summed E-state index contributed by atoms with van der Waals surface area (Å²) in [5.41, 5.74) is 0.00910. The van der Waals surface area contributed by atoms with E-state index in [1.54, 1.807) is 0 Å². The topological polar surface area (TPSA) is 101 Å². The number of carbonyl (C=O) groups excluding carboxylic acids is 1. The SMILES string of the molecule is Cc1[nH]nc(C(=O)NCCOCC2CC2)c1S(=O)(=O)Cl. The maximum atomic E-state index is 11.9. The van der Waals surface area contributed by atoms with Crippen molar-refractivity contribution < 1.29 is 17.9 Å². The van der Waals surface area contributed by atoms with Gasteiger partial charge >= 0.3 is 0 Å². The molecule has 0 saturated heterocycles. The molecule has 9 heteroatoms. The van der Waals surface area contributed by atoms with Gasteiger partial charge in [0.1, 0.15) is 4.90 Å². The fourth-order valence-corrected chi connectivity index (χ4v) is 3.07. The highest BCUT2D eigenvalue weighted by atomic mass is 35.7. The van der Waals surface area contributed by atoms with Crippen molar-refractivity contribution in [2.24, 2.45) is 5.92 Å². The van der Waals surface area contributed by atoms with E-state index in [-0.39, 0.29) is 16.3 Å². The highest BCUT2D eigenvalue weighted by Crippen LogP contribution is 2.28. The van der Waals surface area contributed by atoms with Crippen molar-refractivity contribution in [3.05, 3.63) is 11.4 Å². The van der Waals surface area contributed by atoms with E-state index in [1.807, 2.05) is 0 Å². The van der Waals surface area contributed by atoms with Gasteiger partial charge in [-0.05, 0) is 25.7 Å². The molecule has 1 fully saturated rings. The number of ether oxygens (including phenoxy) is 1. The summed E-state index contributed by atoms with van der Waals surface area (Å²) in [7, 11) is 1.27. The highest BCUT2D eigenvalue weighted by Gasteiger charge is 2.26. The second kappa shape index (κ2) is 6.11. The minimum absolute atomic E-state index is 0.223. The van der Waals surface area contributed by atoms with Crippen LogP contribution in [0, 0.1) is 12.8 Å². The number of amides is 1. The molecule has 112 valence electrons. The number of aromatic nitrogens is 2. The first-order valence-corrected chi connectivity index (χ1v) is 8.56. The molecule has 0 aromatic carbocycles. The summed E-state index contributed by atoms with van der Waals surface area (Å²) in [6, 6.07) is 0. The summed E-state index contributed by atoms with van der Waals surface area (Å²) >= 11 is 0. The minimum atomic E-state index is -4.02. The first kappa shape index (κ1) is 15.3. The lowest BCUT2D eigenvalue weighted by Gasteiger charge is -2.05. The smallest absolute Gasteiger partial charge is 0.273 e. The van der Waals surface area contributed by atoms with Gasteiger partial charge in [0.2, 0.25) is 0 Å². The van der Waals surface area contributed by atoms with Crippen molar-refractivity contribution in [3.8, 4) is 0 Å². The van der Waals surface area contributed by atoms with E-state index in [0.717, 1.165) is 0 Å². The van der Waals surface area contributed by atoms with Gasteiger partial charge in [0.25, 0.3) is 15.0 Å². The molecule has 7 nitrogen and oxygen atoms in total. The van der Waals surface area contributed by atoms with Gasteiger partial charge in [-0.15, -0.1) is 0 Å². The van der Waals surface area contributed by atoms with Gasteiger partial charge in [0, 0.05) is 23.8 Å². The number of H-pyrrole nitrogens is 1. The van der Waals surface area contributed by atoms with Gasteiger partial charge < -0.3 is 10.1 Å². The molecule has 0 spiro atoms. The molecule has 0 radical (unpaired) electrons. The summed E-state index contributed by atoms with van der Waals surface area (Å²) in [5.74, 6) is 0.0660. The van der Waals surface area contributed by atoms with E-state index in [2.05, 4.69) is 15.5 Å². The van der Waals surface area contributed by atoms with Crippen molar-refractivity contribution >= 4 is 25.6 Å². The van der Waals surface area contributed by atoms with E-state index < -0.39 is 15.0 Å². The lowest BCUT2D eigenvalue weighted by atomic mass is 10.3. The summed E-state index contributed by atoms with van der Waals surface area (Å²) in [5, 5.41) is 8.67. The molecule has 2 rings (SSSR count). The van der Waals surface area contributed by atoms with Gasteiger partial charge in [-0.1, -0.05) is 0 Å². The van der Waals surface area contributed by atoms with Gasteiger partial charge in [-0.3, -0.25) is 9.89 Å². The number of hydrogen-bond acceptors (Lipinski definition) is 5. The molecule has 1 amide bonds. The van der Waals surface area contributed by atoms with E-state index in [1.165, 1.54) is 19.8 Å². The molecule has 1 aromatic heterocycles. The van der Waals surface area contributed by atoms with Crippen LogP contribution in [0.2, 0.25) is 0 Å². The molecule has 2 N–H and O–H groups in total. The third-order valence-corrected chi connectivity index (χ3v) is 4.38. The Labute approximate surface area is 121 Å². The number of nitrogens with zero attached hydrogens (tertiary/aromatic N) is 1. The lowest BCUT2D eigenvalue weighted by Crippen LogP contribution is -2.28.